The molecule has 23 heavy (non-hydrogen) atoms. The standard InChI is InChI=1S/C18H19F2NO2/c1-12(2)13-4-3-5-15(10-13)23-9-8-21-18(22)14-6-7-16(19)17(20)11-14/h3-7,10-12H,8-9H2,1-2H3,(H,21,22). The summed E-state index contributed by atoms with van der Waals surface area (Å²) in [5.41, 5.74) is 1.25. The van der Waals surface area contributed by atoms with Gasteiger partial charge in [0, 0.05) is 5.56 Å². The van der Waals surface area contributed by atoms with E-state index in [1.54, 1.807) is 0 Å². The first kappa shape index (κ1) is 16.9. The van der Waals surface area contributed by atoms with Crippen LogP contribution in [0.1, 0.15) is 35.7 Å². The van der Waals surface area contributed by atoms with Gasteiger partial charge in [-0.2, -0.15) is 0 Å². The molecule has 0 heterocycles. The zero-order chi connectivity index (χ0) is 16.8. The van der Waals surface area contributed by atoms with Crippen LogP contribution in [0.4, 0.5) is 8.78 Å². The van der Waals surface area contributed by atoms with Crippen molar-refractivity contribution < 1.29 is 18.3 Å². The molecule has 1 N–H and O–H groups in total. The minimum atomic E-state index is -1.04. The lowest BCUT2D eigenvalue weighted by Gasteiger charge is -2.10. The minimum absolute atomic E-state index is 0.0747. The number of carbonyl (C=O) groups is 1. The zero-order valence-corrected chi connectivity index (χ0v) is 13.1. The van der Waals surface area contributed by atoms with E-state index in [0.29, 0.717) is 5.92 Å². The number of amides is 1. The van der Waals surface area contributed by atoms with E-state index in [-0.39, 0.29) is 18.7 Å². The summed E-state index contributed by atoms with van der Waals surface area (Å²) in [7, 11) is 0. The van der Waals surface area contributed by atoms with E-state index in [1.165, 1.54) is 11.6 Å². The number of halogens is 2. The molecule has 2 rings (SSSR count). The highest BCUT2D eigenvalue weighted by Crippen LogP contribution is 2.19. The molecule has 0 aromatic heterocycles. The SMILES string of the molecule is CC(C)c1cccc(OCCNC(=O)c2ccc(F)c(F)c2)c1. The Morgan fingerprint density at radius 3 is 2.61 bits per heavy atom. The maximum absolute atomic E-state index is 13.1. The first-order valence-corrected chi connectivity index (χ1v) is 7.43. The van der Waals surface area contributed by atoms with Crippen LogP contribution in [0, 0.1) is 11.6 Å². The molecule has 0 fully saturated rings. The molecule has 0 aliphatic heterocycles. The Bertz CT molecular complexity index is 686. The average molecular weight is 319 g/mol. The van der Waals surface area contributed by atoms with Crippen molar-refractivity contribution in [2.45, 2.75) is 19.8 Å². The van der Waals surface area contributed by atoms with E-state index in [1.807, 2.05) is 24.3 Å². The van der Waals surface area contributed by atoms with Gasteiger partial charge in [-0.1, -0.05) is 26.0 Å². The maximum Gasteiger partial charge on any atom is 0.251 e. The maximum atomic E-state index is 13.1. The Hall–Kier alpha value is -2.43. The molecule has 0 spiro atoms. The third kappa shape index (κ3) is 4.77. The van der Waals surface area contributed by atoms with Crippen molar-refractivity contribution in [3.63, 3.8) is 0 Å². The molecule has 0 atom stereocenters. The summed E-state index contributed by atoms with van der Waals surface area (Å²) in [5, 5.41) is 2.60. The third-order valence-electron chi connectivity index (χ3n) is 3.36. The number of benzene rings is 2. The summed E-state index contributed by atoms with van der Waals surface area (Å²) < 4.78 is 31.5. The normalized spacial score (nSPS) is 10.7. The topological polar surface area (TPSA) is 38.3 Å². The van der Waals surface area contributed by atoms with Crippen molar-refractivity contribution in [1.82, 2.24) is 5.32 Å². The van der Waals surface area contributed by atoms with Gasteiger partial charge in [0.25, 0.3) is 5.91 Å². The number of rotatable bonds is 6. The van der Waals surface area contributed by atoms with Gasteiger partial charge in [0.05, 0.1) is 6.54 Å². The Labute approximate surface area is 134 Å². The van der Waals surface area contributed by atoms with E-state index < -0.39 is 17.5 Å². The highest BCUT2D eigenvalue weighted by molar-refractivity contribution is 5.94. The van der Waals surface area contributed by atoms with Gasteiger partial charge in [-0.3, -0.25) is 4.79 Å². The minimum Gasteiger partial charge on any atom is -0.492 e. The predicted octanol–water partition coefficient (Wildman–Crippen LogP) is 3.90. The number of ether oxygens (including phenoxy) is 1. The Kier molecular flexibility index (Phi) is 5.68. The van der Waals surface area contributed by atoms with Gasteiger partial charge in [0.15, 0.2) is 11.6 Å². The molecular formula is C18H19F2NO2. The molecule has 0 aliphatic carbocycles. The number of hydrogen-bond donors (Lipinski definition) is 1. The average Bonchev–Trinajstić information content (AvgIpc) is 2.54. The van der Waals surface area contributed by atoms with Gasteiger partial charge >= 0.3 is 0 Å². The van der Waals surface area contributed by atoms with Crippen LogP contribution in [0.15, 0.2) is 42.5 Å². The van der Waals surface area contributed by atoms with Crippen molar-refractivity contribution >= 4 is 5.91 Å². The number of hydrogen-bond acceptors (Lipinski definition) is 2. The third-order valence-corrected chi connectivity index (χ3v) is 3.36. The molecule has 0 saturated heterocycles. The highest BCUT2D eigenvalue weighted by Gasteiger charge is 2.09. The monoisotopic (exact) mass is 319 g/mol. The van der Waals surface area contributed by atoms with E-state index in [0.717, 1.165) is 17.9 Å². The van der Waals surface area contributed by atoms with Gasteiger partial charge in [-0.05, 0) is 41.8 Å². The number of nitrogens with one attached hydrogen (secondary N) is 1. The second-order valence-electron chi connectivity index (χ2n) is 5.46. The van der Waals surface area contributed by atoms with Crippen molar-refractivity contribution in [2.24, 2.45) is 0 Å². The molecule has 0 radical (unpaired) electrons. The van der Waals surface area contributed by atoms with Crippen molar-refractivity contribution in [1.29, 1.82) is 0 Å². The fourth-order valence-electron chi connectivity index (χ4n) is 2.04. The molecule has 5 heteroatoms. The lowest BCUT2D eigenvalue weighted by Crippen LogP contribution is -2.28. The van der Waals surface area contributed by atoms with E-state index in [9.17, 15) is 13.6 Å². The van der Waals surface area contributed by atoms with E-state index in [4.69, 9.17) is 4.74 Å². The Morgan fingerprint density at radius 2 is 1.91 bits per heavy atom. The molecule has 2 aromatic rings. The van der Waals surface area contributed by atoms with Gasteiger partial charge in [-0.25, -0.2) is 8.78 Å². The lowest BCUT2D eigenvalue weighted by atomic mass is 10.0. The first-order chi connectivity index (χ1) is 11.0. The van der Waals surface area contributed by atoms with Crippen LogP contribution in [-0.2, 0) is 0 Å². The van der Waals surface area contributed by atoms with E-state index >= 15 is 0 Å². The molecule has 3 nitrogen and oxygen atoms in total. The van der Waals surface area contributed by atoms with Crippen LogP contribution in [-0.4, -0.2) is 19.1 Å². The molecule has 2 aromatic carbocycles. The summed E-state index contributed by atoms with van der Waals surface area (Å²) in [6, 6.07) is 10.8. The smallest absolute Gasteiger partial charge is 0.251 e. The molecule has 122 valence electrons. The largest absolute Gasteiger partial charge is 0.492 e. The van der Waals surface area contributed by atoms with Gasteiger partial charge in [0.1, 0.15) is 12.4 Å². The molecule has 0 bridgehead atoms. The van der Waals surface area contributed by atoms with Crippen LogP contribution in [0.25, 0.3) is 0 Å². The van der Waals surface area contributed by atoms with Gasteiger partial charge in [0.2, 0.25) is 0 Å². The molecule has 0 unspecified atom stereocenters. The van der Waals surface area contributed by atoms with Gasteiger partial charge in [-0.15, -0.1) is 0 Å². The Balaban J connectivity index is 1.82. The Morgan fingerprint density at radius 1 is 1.13 bits per heavy atom. The molecular weight excluding hydrogens is 300 g/mol. The second-order valence-corrected chi connectivity index (χ2v) is 5.46. The summed E-state index contributed by atoms with van der Waals surface area (Å²) in [6.45, 7) is 4.75. The fourth-order valence-corrected chi connectivity index (χ4v) is 2.04. The van der Waals surface area contributed by atoms with Gasteiger partial charge < -0.3 is 10.1 Å². The summed E-state index contributed by atoms with van der Waals surface area (Å²) in [4.78, 5) is 11.8. The van der Waals surface area contributed by atoms with E-state index in [2.05, 4.69) is 19.2 Å². The lowest BCUT2D eigenvalue weighted by molar-refractivity contribution is 0.0946. The van der Waals surface area contributed by atoms with Crippen molar-refractivity contribution in [3.8, 4) is 5.75 Å². The first-order valence-electron chi connectivity index (χ1n) is 7.43. The highest BCUT2D eigenvalue weighted by atomic mass is 19.2. The molecule has 1 amide bonds. The van der Waals surface area contributed by atoms with Crippen LogP contribution >= 0.6 is 0 Å². The summed E-state index contributed by atoms with van der Waals surface area (Å²) in [6.07, 6.45) is 0. The van der Waals surface area contributed by atoms with Crippen molar-refractivity contribution in [3.05, 3.63) is 65.2 Å². The van der Waals surface area contributed by atoms with Crippen LogP contribution in [0.3, 0.4) is 0 Å². The molecule has 0 aliphatic rings. The van der Waals surface area contributed by atoms with Crippen LogP contribution < -0.4 is 10.1 Å². The number of carbonyl (C=O) groups excluding carboxylic acids is 1. The predicted molar refractivity (Wildman–Crippen MR) is 84.7 cm³/mol. The second kappa shape index (κ2) is 7.72. The fraction of sp³-hybridized carbons (Fsp3) is 0.278. The quantitative estimate of drug-likeness (QED) is 0.820. The summed E-state index contributed by atoms with van der Waals surface area (Å²) in [5.74, 6) is -1.34. The zero-order valence-electron chi connectivity index (χ0n) is 13.1. The molecule has 0 saturated carbocycles. The van der Waals surface area contributed by atoms with Crippen molar-refractivity contribution in [2.75, 3.05) is 13.2 Å². The summed E-state index contributed by atoms with van der Waals surface area (Å²) >= 11 is 0. The van der Waals surface area contributed by atoms with Crippen LogP contribution in [0.2, 0.25) is 0 Å². The van der Waals surface area contributed by atoms with Crippen LogP contribution in [0.5, 0.6) is 5.75 Å².